The summed E-state index contributed by atoms with van der Waals surface area (Å²) in [5, 5.41) is 12.8. The Morgan fingerprint density at radius 2 is 1.81 bits per heavy atom. The van der Waals surface area contributed by atoms with Crippen molar-refractivity contribution < 1.29 is 5.11 Å². The summed E-state index contributed by atoms with van der Waals surface area (Å²) in [6.45, 7) is 6.96. The molecule has 0 amide bonds. The topological polar surface area (TPSA) is 58.3 Å². The molecule has 1 saturated carbocycles. The molecular weight excluding hydrogens is 200 g/mol. The summed E-state index contributed by atoms with van der Waals surface area (Å²) >= 11 is 0. The summed E-state index contributed by atoms with van der Waals surface area (Å²) in [7, 11) is 0. The van der Waals surface area contributed by atoms with Gasteiger partial charge in [0.05, 0.1) is 0 Å². The molecule has 3 nitrogen and oxygen atoms in total. The summed E-state index contributed by atoms with van der Waals surface area (Å²) in [4.78, 5) is 0. The molecule has 0 bridgehead atoms. The third kappa shape index (κ3) is 4.40. The molecule has 4 N–H and O–H groups in total. The van der Waals surface area contributed by atoms with Gasteiger partial charge in [-0.15, -0.1) is 0 Å². The van der Waals surface area contributed by atoms with Crippen molar-refractivity contribution in [3.8, 4) is 0 Å². The molecule has 1 aliphatic rings. The van der Waals surface area contributed by atoms with Crippen molar-refractivity contribution in [2.75, 3.05) is 6.61 Å². The highest BCUT2D eigenvalue weighted by Gasteiger charge is 2.28. The summed E-state index contributed by atoms with van der Waals surface area (Å²) < 4.78 is 0. The van der Waals surface area contributed by atoms with Gasteiger partial charge >= 0.3 is 0 Å². The average molecular weight is 228 g/mol. The molecule has 0 saturated heterocycles. The maximum Gasteiger partial charge on any atom is 0.0446 e. The number of aliphatic hydroxyl groups is 1. The minimum Gasteiger partial charge on any atom is -0.396 e. The lowest BCUT2D eigenvalue weighted by Crippen LogP contribution is -2.48. The highest BCUT2D eigenvalue weighted by Crippen LogP contribution is 2.25. The smallest absolute Gasteiger partial charge is 0.0446 e. The highest BCUT2D eigenvalue weighted by molar-refractivity contribution is 4.86. The number of nitrogens with one attached hydrogen (secondary N) is 1. The minimum absolute atomic E-state index is 0.211. The van der Waals surface area contributed by atoms with Gasteiger partial charge < -0.3 is 16.2 Å². The van der Waals surface area contributed by atoms with E-state index in [1.807, 2.05) is 0 Å². The van der Waals surface area contributed by atoms with Crippen LogP contribution in [0.25, 0.3) is 0 Å². The first-order valence-electron chi connectivity index (χ1n) is 6.56. The van der Waals surface area contributed by atoms with Crippen LogP contribution in [0, 0.1) is 5.41 Å². The summed E-state index contributed by atoms with van der Waals surface area (Å²) in [5.74, 6) is 0. The standard InChI is InChI=1S/C13H28N2O/c1-13(2,3)12(8-9-16)15-11-6-4-10(14)5-7-11/h10-12,15-16H,4-9,14H2,1-3H3. The molecule has 3 heteroatoms. The molecule has 1 rings (SSSR count). The van der Waals surface area contributed by atoms with Gasteiger partial charge in [0.25, 0.3) is 0 Å². The Bertz CT molecular complexity index is 193. The fourth-order valence-corrected chi connectivity index (χ4v) is 2.47. The maximum absolute atomic E-state index is 9.11. The van der Waals surface area contributed by atoms with E-state index in [1.165, 1.54) is 12.8 Å². The fourth-order valence-electron chi connectivity index (χ4n) is 2.47. The van der Waals surface area contributed by atoms with E-state index in [0.29, 0.717) is 18.1 Å². The monoisotopic (exact) mass is 228 g/mol. The molecule has 96 valence electrons. The van der Waals surface area contributed by atoms with Crippen LogP contribution in [0.4, 0.5) is 0 Å². The van der Waals surface area contributed by atoms with Crippen molar-refractivity contribution in [1.82, 2.24) is 5.32 Å². The molecule has 0 radical (unpaired) electrons. The van der Waals surface area contributed by atoms with Crippen LogP contribution in [-0.2, 0) is 0 Å². The van der Waals surface area contributed by atoms with Gasteiger partial charge in [-0.05, 0) is 37.5 Å². The zero-order valence-electron chi connectivity index (χ0n) is 11.0. The van der Waals surface area contributed by atoms with E-state index in [1.54, 1.807) is 0 Å². The second kappa shape index (κ2) is 5.99. The number of nitrogens with two attached hydrogens (primary N) is 1. The first kappa shape index (κ1) is 13.9. The molecule has 0 spiro atoms. The largest absolute Gasteiger partial charge is 0.396 e. The van der Waals surface area contributed by atoms with Crippen LogP contribution in [0.2, 0.25) is 0 Å². The van der Waals surface area contributed by atoms with Crippen LogP contribution in [0.1, 0.15) is 52.9 Å². The lowest BCUT2D eigenvalue weighted by atomic mass is 9.83. The van der Waals surface area contributed by atoms with Crippen molar-refractivity contribution in [3.05, 3.63) is 0 Å². The molecule has 1 fully saturated rings. The van der Waals surface area contributed by atoms with Crippen LogP contribution >= 0.6 is 0 Å². The van der Waals surface area contributed by atoms with E-state index in [0.717, 1.165) is 19.3 Å². The Balaban J connectivity index is 2.42. The molecule has 1 aliphatic carbocycles. The lowest BCUT2D eigenvalue weighted by Gasteiger charge is -2.37. The molecule has 1 unspecified atom stereocenters. The van der Waals surface area contributed by atoms with Gasteiger partial charge in [-0.25, -0.2) is 0 Å². The average Bonchev–Trinajstić information content (AvgIpc) is 2.19. The Morgan fingerprint density at radius 3 is 2.25 bits per heavy atom. The highest BCUT2D eigenvalue weighted by atomic mass is 16.3. The van der Waals surface area contributed by atoms with Gasteiger partial charge in [-0.2, -0.15) is 0 Å². The van der Waals surface area contributed by atoms with E-state index in [9.17, 15) is 0 Å². The third-order valence-corrected chi connectivity index (χ3v) is 3.67. The van der Waals surface area contributed by atoms with Crippen LogP contribution in [0.15, 0.2) is 0 Å². The van der Waals surface area contributed by atoms with Gasteiger partial charge in [0.2, 0.25) is 0 Å². The number of rotatable bonds is 4. The SMILES string of the molecule is CC(C)(C)C(CCO)NC1CCC(N)CC1. The van der Waals surface area contributed by atoms with Crippen LogP contribution in [0.5, 0.6) is 0 Å². The second-order valence-corrected chi connectivity index (χ2v) is 6.21. The fraction of sp³-hybridized carbons (Fsp3) is 1.00. The maximum atomic E-state index is 9.11. The first-order valence-corrected chi connectivity index (χ1v) is 6.56. The van der Waals surface area contributed by atoms with Gasteiger partial charge in [0.15, 0.2) is 0 Å². The zero-order chi connectivity index (χ0) is 12.2. The summed E-state index contributed by atoms with van der Waals surface area (Å²) in [6.07, 6.45) is 5.46. The van der Waals surface area contributed by atoms with Crippen molar-refractivity contribution in [1.29, 1.82) is 0 Å². The Labute approximate surface area is 99.8 Å². The molecule has 0 aliphatic heterocycles. The first-order chi connectivity index (χ1) is 7.43. The Kier molecular flexibility index (Phi) is 5.22. The molecule has 0 aromatic carbocycles. The lowest BCUT2D eigenvalue weighted by molar-refractivity contribution is 0.173. The van der Waals surface area contributed by atoms with E-state index >= 15 is 0 Å². The van der Waals surface area contributed by atoms with Crippen LogP contribution < -0.4 is 11.1 Å². The van der Waals surface area contributed by atoms with Crippen LogP contribution in [0.3, 0.4) is 0 Å². The number of aliphatic hydroxyl groups excluding tert-OH is 1. The predicted molar refractivity (Wildman–Crippen MR) is 68.3 cm³/mol. The van der Waals surface area contributed by atoms with E-state index in [-0.39, 0.29) is 12.0 Å². The van der Waals surface area contributed by atoms with Crippen LogP contribution in [-0.4, -0.2) is 29.8 Å². The minimum atomic E-state index is 0.211. The van der Waals surface area contributed by atoms with Crippen molar-refractivity contribution in [2.45, 2.75) is 71.0 Å². The van der Waals surface area contributed by atoms with Gasteiger partial charge in [-0.3, -0.25) is 0 Å². The Hall–Kier alpha value is -0.120. The molecule has 0 aromatic heterocycles. The van der Waals surface area contributed by atoms with Gasteiger partial charge in [0, 0.05) is 24.7 Å². The van der Waals surface area contributed by atoms with Gasteiger partial charge in [-0.1, -0.05) is 20.8 Å². The van der Waals surface area contributed by atoms with Crippen molar-refractivity contribution in [3.63, 3.8) is 0 Å². The third-order valence-electron chi connectivity index (χ3n) is 3.67. The molecule has 1 atom stereocenters. The molecule has 0 heterocycles. The molecule has 16 heavy (non-hydrogen) atoms. The van der Waals surface area contributed by atoms with E-state index in [4.69, 9.17) is 10.8 Å². The van der Waals surface area contributed by atoms with Gasteiger partial charge in [0.1, 0.15) is 0 Å². The summed E-state index contributed by atoms with van der Waals surface area (Å²) in [5.41, 5.74) is 6.12. The van der Waals surface area contributed by atoms with Crippen molar-refractivity contribution >= 4 is 0 Å². The predicted octanol–water partition coefficient (Wildman–Crippen LogP) is 1.64. The second-order valence-electron chi connectivity index (χ2n) is 6.21. The number of hydrogen-bond acceptors (Lipinski definition) is 3. The molecular formula is C13H28N2O. The summed E-state index contributed by atoms with van der Waals surface area (Å²) in [6, 6.07) is 1.40. The van der Waals surface area contributed by atoms with Crippen molar-refractivity contribution in [2.24, 2.45) is 11.1 Å². The normalized spacial score (nSPS) is 29.1. The molecule has 0 aromatic rings. The van der Waals surface area contributed by atoms with E-state index < -0.39 is 0 Å². The van der Waals surface area contributed by atoms with E-state index in [2.05, 4.69) is 26.1 Å². The number of hydrogen-bond donors (Lipinski definition) is 3. The Morgan fingerprint density at radius 1 is 1.25 bits per heavy atom. The zero-order valence-corrected chi connectivity index (χ0v) is 11.0. The quantitative estimate of drug-likeness (QED) is 0.685.